The molecule has 15 heavy (non-hydrogen) atoms. The van der Waals surface area contributed by atoms with Gasteiger partial charge >= 0.3 is 0 Å². The molecule has 2 aliphatic rings. The van der Waals surface area contributed by atoms with Crippen LogP contribution in [0.5, 0.6) is 0 Å². The molecule has 6 heteroatoms. The molecule has 0 unspecified atom stereocenters. The first-order valence-electron chi connectivity index (χ1n) is 5.18. The smallest absolute Gasteiger partial charge is 0.138 e. The Kier molecular flexibility index (Phi) is 6.51. The molecule has 0 aromatic heterocycles. The van der Waals surface area contributed by atoms with E-state index in [1.165, 1.54) is 0 Å². The maximum atomic E-state index is 5.04. The summed E-state index contributed by atoms with van der Waals surface area (Å²) in [6.07, 6.45) is 0. The molecule has 0 bridgehead atoms. The summed E-state index contributed by atoms with van der Waals surface area (Å²) in [6.45, 7) is 5.52. The molecule has 88 valence electrons. The lowest BCUT2D eigenvalue weighted by atomic mass is 10.4. The number of thiocarbonyl (C=S) groups is 1. The van der Waals surface area contributed by atoms with Gasteiger partial charge in [-0.05, 0) is 7.05 Å². The first-order chi connectivity index (χ1) is 7.20. The molecule has 0 spiro atoms. The van der Waals surface area contributed by atoms with E-state index in [1.807, 2.05) is 7.05 Å². The van der Waals surface area contributed by atoms with Crippen LogP contribution in [0.3, 0.4) is 0 Å². The normalized spacial score (nSPS) is 23.3. The van der Waals surface area contributed by atoms with Crippen molar-refractivity contribution < 1.29 is 0 Å². The van der Waals surface area contributed by atoms with Gasteiger partial charge in [-0.3, -0.25) is 4.90 Å². The fraction of sp³-hybridized carbons (Fsp3) is 0.889. The molecular weight excluding hydrogens is 228 g/mol. The highest BCUT2D eigenvalue weighted by Gasteiger charge is 2.13. The van der Waals surface area contributed by atoms with E-state index in [-0.39, 0.29) is 0 Å². The van der Waals surface area contributed by atoms with Crippen molar-refractivity contribution in [2.45, 2.75) is 0 Å². The molecule has 0 aliphatic carbocycles. The highest BCUT2D eigenvalue weighted by Crippen LogP contribution is 2.14. The minimum absolute atomic E-state index is 0.964. The van der Waals surface area contributed by atoms with Gasteiger partial charge in [-0.15, -0.1) is 0 Å². The first-order valence-corrected chi connectivity index (χ1v) is 6.57. The Hall–Kier alpha value is 0.120. The Morgan fingerprint density at radius 2 is 1.67 bits per heavy atom. The maximum Gasteiger partial charge on any atom is 0.138 e. The molecule has 0 amide bonds. The predicted octanol–water partition coefficient (Wildman–Crippen LogP) is -0.0241. The van der Waals surface area contributed by atoms with Gasteiger partial charge in [-0.25, -0.2) is 0 Å². The molecular formula is C9H20N4S2. The summed E-state index contributed by atoms with van der Waals surface area (Å²) in [4.78, 5) is 4.30. The number of hydrogen-bond acceptors (Lipinski definition) is 5. The zero-order chi connectivity index (χ0) is 11.1. The molecule has 2 aliphatic heterocycles. The van der Waals surface area contributed by atoms with Crippen molar-refractivity contribution in [2.75, 3.05) is 52.8 Å². The molecule has 0 aromatic carbocycles. The van der Waals surface area contributed by atoms with Crippen LogP contribution in [0.15, 0.2) is 0 Å². The van der Waals surface area contributed by atoms with E-state index >= 15 is 0 Å². The number of rotatable bonds is 0. The lowest BCUT2D eigenvalue weighted by Gasteiger charge is -2.31. The number of piperazine rings is 1. The average Bonchev–Trinajstić information content (AvgIpc) is 2.27. The number of nitrogens with one attached hydrogen (secondary N) is 2. The molecule has 2 saturated heterocycles. The van der Waals surface area contributed by atoms with Crippen LogP contribution in [-0.4, -0.2) is 66.9 Å². The Morgan fingerprint density at radius 1 is 1.13 bits per heavy atom. The summed E-state index contributed by atoms with van der Waals surface area (Å²) in [5, 5.41) is 6.44. The van der Waals surface area contributed by atoms with Crippen LogP contribution >= 0.6 is 24.0 Å². The van der Waals surface area contributed by atoms with E-state index in [9.17, 15) is 0 Å². The quantitative estimate of drug-likeness (QED) is 0.586. The van der Waals surface area contributed by atoms with Gasteiger partial charge in [-0.2, -0.15) is 0 Å². The Morgan fingerprint density at radius 3 is 2.00 bits per heavy atom. The molecule has 0 saturated carbocycles. The van der Waals surface area contributed by atoms with Crippen molar-refractivity contribution in [1.29, 1.82) is 0 Å². The van der Waals surface area contributed by atoms with Crippen LogP contribution in [0, 0.1) is 0 Å². The summed E-state index contributed by atoms with van der Waals surface area (Å²) in [5.74, 6) is 1.03. The van der Waals surface area contributed by atoms with Gasteiger partial charge in [0.1, 0.15) is 4.32 Å². The maximum absolute atomic E-state index is 5.04. The highest BCUT2D eigenvalue weighted by atomic mass is 32.2. The minimum Gasteiger partial charge on any atom is -0.348 e. The van der Waals surface area contributed by atoms with Crippen LogP contribution in [0.25, 0.3) is 0 Å². The van der Waals surface area contributed by atoms with Crippen LogP contribution in [0.2, 0.25) is 0 Å². The topological polar surface area (TPSA) is 30.5 Å². The lowest BCUT2D eigenvalue weighted by Crippen LogP contribution is -2.40. The summed E-state index contributed by atoms with van der Waals surface area (Å²) in [6, 6.07) is 0. The zero-order valence-corrected chi connectivity index (χ0v) is 11.1. The molecule has 2 heterocycles. The zero-order valence-electron chi connectivity index (χ0n) is 9.45. The second kappa shape index (κ2) is 7.40. The second-order valence-electron chi connectivity index (χ2n) is 3.73. The molecule has 0 aromatic rings. The van der Waals surface area contributed by atoms with Crippen molar-refractivity contribution in [3.8, 4) is 0 Å². The van der Waals surface area contributed by atoms with E-state index in [1.54, 1.807) is 11.8 Å². The first kappa shape index (κ1) is 13.2. The van der Waals surface area contributed by atoms with Gasteiger partial charge in [0.15, 0.2) is 0 Å². The van der Waals surface area contributed by atoms with Crippen LogP contribution in [0.4, 0.5) is 0 Å². The molecule has 2 fully saturated rings. The van der Waals surface area contributed by atoms with Gasteiger partial charge in [0.05, 0.1) is 12.5 Å². The van der Waals surface area contributed by atoms with Crippen LogP contribution in [0.1, 0.15) is 0 Å². The third-order valence-electron chi connectivity index (χ3n) is 2.13. The fourth-order valence-corrected chi connectivity index (χ4v) is 2.25. The lowest BCUT2D eigenvalue weighted by molar-refractivity contribution is 0.278. The van der Waals surface area contributed by atoms with Gasteiger partial charge in [0, 0.05) is 33.2 Å². The van der Waals surface area contributed by atoms with E-state index in [2.05, 4.69) is 27.5 Å². The van der Waals surface area contributed by atoms with E-state index < -0.39 is 0 Å². The van der Waals surface area contributed by atoms with Gasteiger partial charge in [-0.1, -0.05) is 24.0 Å². The summed E-state index contributed by atoms with van der Waals surface area (Å²) >= 11 is 6.76. The van der Waals surface area contributed by atoms with Crippen molar-refractivity contribution in [2.24, 2.45) is 0 Å². The van der Waals surface area contributed by atoms with E-state index in [4.69, 9.17) is 12.2 Å². The van der Waals surface area contributed by atoms with Crippen molar-refractivity contribution in [1.82, 2.24) is 20.4 Å². The SMILES string of the molecule is C1CNCCN1.CN1CSC(=S)N(C)C1. The summed E-state index contributed by atoms with van der Waals surface area (Å²) in [7, 11) is 4.11. The average molecular weight is 248 g/mol. The Balaban J connectivity index is 0.000000162. The molecule has 0 radical (unpaired) electrons. The summed E-state index contributed by atoms with van der Waals surface area (Å²) < 4.78 is 1.01. The molecule has 0 atom stereocenters. The number of nitrogens with zero attached hydrogens (tertiary/aromatic N) is 2. The third kappa shape index (κ3) is 5.67. The van der Waals surface area contributed by atoms with Gasteiger partial charge < -0.3 is 15.5 Å². The van der Waals surface area contributed by atoms with E-state index in [0.717, 1.165) is 43.0 Å². The Labute approximate surface area is 102 Å². The largest absolute Gasteiger partial charge is 0.348 e. The minimum atomic E-state index is 0.964. The van der Waals surface area contributed by atoms with Crippen molar-refractivity contribution in [3.63, 3.8) is 0 Å². The molecule has 2 N–H and O–H groups in total. The van der Waals surface area contributed by atoms with E-state index in [0.29, 0.717) is 0 Å². The molecule has 4 nitrogen and oxygen atoms in total. The fourth-order valence-electron chi connectivity index (χ4n) is 1.34. The van der Waals surface area contributed by atoms with Gasteiger partial charge in [0.25, 0.3) is 0 Å². The highest BCUT2D eigenvalue weighted by molar-refractivity contribution is 8.22. The number of hydrogen-bond donors (Lipinski definition) is 2. The van der Waals surface area contributed by atoms with Gasteiger partial charge in [0.2, 0.25) is 0 Å². The predicted molar refractivity (Wildman–Crippen MR) is 71.2 cm³/mol. The number of thioether (sulfide) groups is 1. The van der Waals surface area contributed by atoms with Crippen molar-refractivity contribution >= 4 is 28.3 Å². The van der Waals surface area contributed by atoms with Crippen LogP contribution in [-0.2, 0) is 0 Å². The second-order valence-corrected chi connectivity index (χ2v) is 5.31. The standard InChI is InChI=1S/C5H10N2S2.C4H10N2/c1-6-3-7(2)5(8)9-4-6;1-2-6-4-3-5-1/h3-4H2,1-2H3;5-6H,1-4H2. The monoisotopic (exact) mass is 248 g/mol. The van der Waals surface area contributed by atoms with Crippen LogP contribution < -0.4 is 10.6 Å². The third-order valence-corrected chi connectivity index (χ3v) is 3.92. The summed E-state index contributed by atoms with van der Waals surface area (Å²) in [5.41, 5.74) is 0. The van der Waals surface area contributed by atoms with Crippen molar-refractivity contribution in [3.05, 3.63) is 0 Å². The Bertz CT molecular complexity index is 185. The molecule has 2 rings (SSSR count).